The van der Waals surface area contributed by atoms with Gasteiger partial charge in [-0.15, -0.1) is 0 Å². The van der Waals surface area contributed by atoms with E-state index >= 15 is 0 Å². The van der Waals surface area contributed by atoms with Crippen molar-refractivity contribution in [2.75, 3.05) is 6.61 Å². The number of ether oxygens (including phenoxy) is 1. The molecule has 1 aliphatic heterocycles. The smallest absolute Gasteiger partial charge is 0.249 e. The highest BCUT2D eigenvalue weighted by molar-refractivity contribution is 6.00. The van der Waals surface area contributed by atoms with Gasteiger partial charge < -0.3 is 15.0 Å². The number of nitrogens with two attached hydrogens (primary N) is 1. The Labute approximate surface area is 98.2 Å². The molecule has 88 valence electrons. The topological polar surface area (TPSA) is 70.1 Å². The molecule has 0 saturated carbocycles. The Morgan fingerprint density at radius 3 is 3.18 bits per heavy atom. The fourth-order valence-corrected chi connectivity index (χ4v) is 2.37. The van der Waals surface area contributed by atoms with Gasteiger partial charge in [-0.3, -0.25) is 4.79 Å². The van der Waals surface area contributed by atoms with Crippen molar-refractivity contribution in [3.05, 3.63) is 23.5 Å². The van der Waals surface area contributed by atoms with Crippen molar-refractivity contribution in [1.82, 2.24) is 9.55 Å². The van der Waals surface area contributed by atoms with Crippen LogP contribution < -0.4 is 10.5 Å². The average molecular weight is 231 g/mol. The van der Waals surface area contributed by atoms with Gasteiger partial charge in [0.1, 0.15) is 11.3 Å². The second-order valence-electron chi connectivity index (χ2n) is 4.27. The van der Waals surface area contributed by atoms with E-state index in [1.807, 2.05) is 11.6 Å². The number of fused-ring (bicyclic) bond motifs is 3. The maximum atomic E-state index is 11.5. The van der Waals surface area contributed by atoms with Gasteiger partial charge in [0.15, 0.2) is 0 Å². The molecule has 2 aromatic rings. The van der Waals surface area contributed by atoms with Crippen LogP contribution in [0.2, 0.25) is 0 Å². The van der Waals surface area contributed by atoms with Gasteiger partial charge in [0.05, 0.1) is 18.5 Å². The molecule has 0 radical (unpaired) electrons. The summed E-state index contributed by atoms with van der Waals surface area (Å²) in [5.41, 5.74) is 8.54. The van der Waals surface area contributed by atoms with Gasteiger partial charge in [-0.2, -0.15) is 0 Å². The van der Waals surface area contributed by atoms with E-state index in [2.05, 4.69) is 4.98 Å². The molecule has 5 heteroatoms. The van der Waals surface area contributed by atoms with Crippen LogP contribution in [0.25, 0.3) is 11.0 Å². The predicted molar refractivity (Wildman–Crippen MR) is 63.0 cm³/mol. The Bertz CT molecular complexity index is 616. The monoisotopic (exact) mass is 231 g/mol. The Balaban J connectivity index is 2.41. The van der Waals surface area contributed by atoms with Gasteiger partial charge >= 0.3 is 0 Å². The molecule has 0 saturated heterocycles. The number of benzene rings is 1. The van der Waals surface area contributed by atoms with Crippen LogP contribution in [0.1, 0.15) is 22.3 Å². The molecule has 17 heavy (non-hydrogen) atoms. The van der Waals surface area contributed by atoms with Crippen LogP contribution in [0.4, 0.5) is 0 Å². The second-order valence-corrected chi connectivity index (χ2v) is 4.27. The SMILES string of the molecule is Cn1cnc2cc(C(N)=O)c3c(c21)OCCC3. The minimum Gasteiger partial charge on any atom is -0.491 e. The maximum Gasteiger partial charge on any atom is 0.249 e. The zero-order valence-corrected chi connectivity index (χ0v) is 9.56. The number of carbonyl (C=O) groups excluding carboxylic acids is 1. The van der Waals surface area contributed by atoms with E-state index in [0.29, 0.717) is 12.2 Å². The summed E-state index contributed by atoms with van der Waals surface area (Å²) in [4.78, 5) is 15.7. The minimum atomic E-state index is -0.417. The van der Waals surface area contributed by atoms with Crippen molar-refractivity contribution in [1.29, 1.82) is 0 Å². The highest BCUT2D eigenvalue weighted by Crippen LogP contribution is 2.35. The molecular weight excluding hydrogens is 218 g/mol. The van der Waals surface area contributed by atoms with Gasteiger partial charge in [-0.25, -0.2) is 4.98 Å². The van der Waals surface area contributed by atoms with Crippen LogP contribution in [-0.4, -0.2) is 22.1 Å². The molecule has 0 fully saturated rings. The molecule has 0 aliphatic carbocycles. The Morgan fingerprint density at radius 2 is 2.41 bits per heavy atom. The molecule has 1 amide bonds. The summed E-state index contributed by atoms with van der Waals surface area (Å²) < 4.78 is 7.61. The lowest BCUT2D eigenvalue weighted by Gasteiger charge is -2.20. The number of aryl methyl sites for hydroxylation is 1. The highest BCUT2D eigenvalue weighted by atomic mass is 16.5. The van der Waals surface area contributed by atoms with Crippen molar-refractivity contribution < 1.29 is 9.53 Å². The summed E-state index contributed by atoms with van der Waals surface area (Å²) in [6.07, 6.45) is 3.46. The van der Waals surface area contributed by atoms with Crippen molar-refractivity contribution in [2.24, 2.45) is 12.8 Å². The molecule has 0 unspecified atom stereocenters. The van der Waals surface area contributed by atoms with Crippen molar-refractivity contribution in [3.63, 3.8) is 0 Å². The first-order chi connectivity index (χ1) is 8.18. The number of aromatic nitrogens is 2. The van der Waals surface area contributed by atoms with Gasteiger partial charge in [0.2, 0.25) is 5.91 Å². The molecule has 1 aromatic heterocycles. The third kappa shape index (κ3) is 1.39. The van der Waals surface area contributed by atoms with E-state index in [-0.39, 0.29) is 0 Å². The van der Waals surface area contributed by atoms with E-state index in [4.69, 9.17) is 10.5 Å². The Morgan fingerprint density at radius 1 is 1.59 bits per heavy atom. The largest absolute Gasteiger partial charge is 0.491 e. The van der Waals surface area contributed by atoms with Gasteiger partial charge in [-0.05, 0) is 18.9 Å². The van der Waals surface area contributed by atoms with Gasteiger partial charge in [0, 0.05) is 18.2 Å². The zero-order chi connectivity index (χ0) is 12.0. The molecule has 3 rings (SSSR count). The Kier molecular flexibility index (Phi) is 2.07. The first-order valence-electron chi connectivity index (χ1n) is 5.58. The van der Waals surface area contributed by atoms with Crippen molar-refractivity contribution in [2.45, 2.75) is 12.8 Å². The van der Waals surface area contributed by atoms with Crippen molar-refractivity contribution in [3.8, 4) is 5.75 Å². The fourth-order valence-electron chi connectivity index (χ4n) is 2.37. The lowest BCUT2D eigenvalue weighted by Crippen LogP contribution is -2.18. The number of hydrogen-bond donors (Lipinski definition) is 1. The van der Waals surface area contributed by atoms with Gasteiger partial charge in [0.25, 0.3) is 0 Å². The number of hydrogen-bond acceptors (Lipinski definition) is 3. The van der Waals surface area contributed by atoms with E-state index in [1.54, 1.807) is 12.4 Å². The molecular formula is C12H13N3O2. The average Bonchev–Trinajstić information content (AvgIpc) is 2.70. The normalized spacial score (nSPS) is 14.4. The molecule has 0 bridgehead atoms. The predicted octanol–water partition coefficient (Wildman–Crippen LogP) is 0.997. The summed E-state index contributed by atoms with van der Waals surface area (Å²) in [6.45, 7) is 0.676. The fraction of sp³-hybridized carbons (Fsp3) is 0.333. The number of primary amides is 1. The summed E-state index contributed by atoms with van der Waals surface area (Å²) in [6, 6.07) is 1.76. The molecule has 2 heterocycles. The van der Waals surface area contributed by atoms with Crippen LogP contribution in [0.3, 0.4) is 0 Å². The quantitative estimate of drug-likeness (QED) is 0.795. The standard InChI is InChI=1S/C12H13N3O2/c1-15-6-14-9-5-8(12(13)16)7-3-2-4-17-11(7)10(9)15/h5-6H,2-4H2,1H3,(H2,13,16). The lowest BCUT2D eigenvalue weighted by atomic mass is 9.98. The van der Waals surface area contributed by atoms with Crippen LogP contribution >= 0.6 is 0 Å². The van der Waals surface area contributed by atoms with E-state index in [0.717, 1.165) is 35.2 Å². The number of carbonyl (C=O) groups is 1. The maximum absolute atomic E-state index is 11.5. The number of nitrogens with zero attached hydrogens (tertiary/aromatic N) is 2. The molecule has 1 aliphatic rings. The minimum absolute atomic E-state index is 0.417. The summed E-state index contributed by atoms with van der Waals surface area (Å²) in [5, 5.41) is 0. The summed E-state index contributed by atoms with van der Waals surface area (Å²) in [7, 11) is 1.91. The van der Waals surface area contributed by atoms with Crippen molar-refractivity contribution >= 4 is 16.9 Å². The van der Waals surface area contributed by atoms with Crippen LogP contribution in [0, 0.1) is 0 Å². The molecule has 1 aromatic carbocycles. The van der Waals surface area contributed by atoms with E-state index < -0.39 is 5.91 Å². The lowest BCUT2D eigenvalue weighted by molar-refractivity contribution is 0.0998. The summed E-state index contributed by atoms with van der Waals surface area (Å²) in [5.74, 6) is 0.349. The van der Waals surface area contributed by atoms with Crippen LogP contribution in [0.5, 0.6) is 5.75 Å². The molecule has 0 atom stereocenters. The second kappa shape index (κ2) is 3.48. The third-order valence-electron chi connectivity index (χ3n) is 3.14. The number of imidazole rings is 1. The zero-order valence-electron chi connectivity index (χ0n) is 9.56. The molecule has 5 nitrogen and oxygen atoms in total. The van der Waals surface area contributed by atoms with Gasteiger partial charge in [-0.1, -0.05) is 0 Å². The van der Waals surface area contributed by atoms with E-state index in [1.165, 1.54) is 0 Å². The third-order valence-corrected chi connectivity index (χ3v) is 3.14. The first kappa shape index (κ1) is 10.1. The van der Waals surface area contributed by atoms with Crippen LogP contribution in [-0.2, 0) is 13.5 Å². The Hall–Kier alpha value is -2.04. The molecule has 0 spiro atoms. The number of amides is 1. The first-order valence-corrected chi connectivity index (χ1v) is 5.58. The molecule has 2 N–H and O–H groups in total. The van der Waals surface area contributed by atoms with E-state index in [9.17, 15) is 4.79 Å². The summed E-state index contributed by atoms with van der Waals surface area (Å²) >= 11 is 0. The van der Waals surface area contributed by atoms with Crippen LogP contribution in [0.15, 0.2) is 12.4 Å². The highest BCUT2D eigenvalue weighted by Gasteiger charge is 2.22. The number of rotatable bonds is 1.